The monoisotopic (exact) mass is 353 g/mol. The molecule has 3 heteroatoms. The van der Waals surface area contributed by atoms with E-state index in [9.17, 15) is 4.79 Å². The summed E-state index contributed by atoms with van der Waals surface area (Å²) in [4.78, 5) is 12.1. The minimum Gasteiger partial charge on any atom is -0.355 e. The van der Waals surface area contributed by atoms with Gasteiger partial charge in [-0.3, -0.25) is 4.79 Å². The topological polar surface area (TPSA) is 29.1 Å². The number of benzene rings is 2. The van der Waals surface area contributed by atoms with Gasteiger partial charge in [0.1, 0.15) is 0 Å². The van der Waals surface area contributed by atoms with E-state index < -0.39 is 0 Å². The molecule has 0 radical (unpaired) electrons. The third-order valence-corrected chi connectivity index (χ3v) is 6.14. The Bertz CT molecular complexity index is 647. The van der Waals surface area contributed by atoms with Gasteiger partial charge >= 0.3 is 0 Å². The zero-order valence-corrected chi connectivity index (χ0v) is 15.6. The fourth-order valence-corrected chi connectivity index (χ4v) is 4.56. The van der Waals surface area contributed by atoms with E-state index in [4.69, 9.17) is 0 Å². The molecular weight excluding hydrogens is 326 g/mol. The zero-order chi connectivity index (χ0) is 17.3. The van der Waals surface area contributed by atoms with Gasteiger partial charge in [0.25, 0.3) is 0 Å². The molecule has 1 amide bonds. The van der Waals surface area contributed by atoms with Crippen LogP contribution in [0.25, 0.3) is 11.1 Å². The van der Waals surface area contributed by atoms with E-state index in [0.29, 0.717) is 6.42 Å². The van der Waals surface area contributed by atoms with Gasteiger partial charge in [-0.1, -0.05) is 73.9 Å². The molecule has 0 atom stereocenters. The molecule has 1 saturated carbocycles. The Balaban J connectivity index is 1.39. The third kappa shape index (κ3) is 5.93. The number of thioether (sulfide) groups is 1. The van der Waals surface area contributed by atoms with Crippen LogP contribution in [0.15, 0.2) is 54.6 Å². The molecule has 2 aromatic carbocycles. The average molecular weight is 354 g/mol. The van der Waals surface area contributed by atoms with Gasteiger partial charge in [-0.25, -0.2) is 0 Å². The van der Waals surface area contributed by atoms with Crippen molar-refractivity contribution in [2.75, 3.05) is 12.3 Å². The number of hydrogen-bond acceptors (Lipinski definition) is 2. The lowest BCUT2D eigenvalue weighted by Crippen LogP contribution is -2.27. The summed E-state index contributed by atoms with van der Waals surface area (Å²) in [6.07, 6.45) is 7.32. The Morgan fingerprint density at radius 2 is 1.60 bits per heavy atom. The van der Waals surface area contributed by atoms with Crippen molar-refractivity contribution in [1.82, 2.24) is 5.32 Å². The fraction of sp³-hybridized carbons (Fsp3) is 0.409. The van der Waals surface area contributed by atoms with Crippen LogP contribution >= 0.6 is 11.8 Å². The average Bonchev–Trinajstić information content (AvgIpc) is 2.67. The van der Waals surface area contributed by atoms with Gasteiger partial charge in [0, 0.05) is 17.5 Å². The number of carbonyl (C=O) groups excluding carboxylic acids is 1. The van der Waals surface area contributed by atoms with Crippen molar-refractivity contribution in [3.05, 3.63) is 60.2 Å². The molecule has 132 valence electrons. The molecule has 0 bridgehead atoms. The molecular formula is C22H27NOS. The standard InChI is InChI=1S/C22H27NOS/c24-22(23-15-16-25-21-9-5-2-6-10-21)17-18-11-13-20(14-12-18)19-7-3-1-4-8-19/h1,3-4,7-8,11-14,21H,2,5-6,9-10,15-17H2,(H,23,24). The Morgan fingerprint density at radius 1 is 0.920 bits per heavy atom. The molecule has 0 heterocycles. The lowest BCUT2D eigenvalue weighted by molar-refractivity contribution is -0.120. The van der Waals surface area contributed by atoms with Crippen LogP contribution in [0.2, 0.25) is 0 Å². The van der Waals surface area contributed by atoms with E-state index in [1.807, 2.05) is 30.0 Å². The van der Waals surface area contributed by atoms with Gasteiger partial charge in [-0.05, 0) is 29.5 Å². The van der Waals surface area contributed by atoms with Crippen molar-refractivity contribution in [2.24, 2.45) is 0 Å². The Kier molecular flexibility index (Phi) is 6.99. The third-order valence-electron chi connectivity index (χ3n) is 4.76. The van der Waals surface area contributed by atoms with Crippen molar-refractivity contribution in [2.45, 2.75) is 43.8 Å². The molecule has 0 unspecified atom stereocenters. The molecule has 25 heavy (non-hydrogen) atoms. The normalized spacial score (nSPS) is 15.0. The summed E-state index contributed by atoms with van der Waals surface area (Å²) in [6, 6.07) is 18.6. The lowest BCUT2D eigenvalue weighted by Gasteiger charge is -2.20. The summed E-state index contributed by atoms with van der Waals surface area (Å²) >= 11 is 2.03. The second-order valence-electron chi connectivity index (χ2n) is 6.72. The summed E-state index contributed by atoms with van der Waals surface area (Å²) in [6.45, 7) is 0.780. The van der Waals surface area contributed by atoms with Crippen LogP contribution in [0, 0.1) is 0 Å². The smallest absolute Gasteiger partial charge is 0.224 e. The van der Waals surface area contributed by atoms with Crippen LogP contribution in [0.3, 0.4) is 0 Å². The van der Waals surface area contributed by atoms with Crippen molar-refractivity contribution >= 4 is 17.7 Å². The second-order valence-corrected chi connectivity index (χ2v) is 8.13. The minimum atomic E-state index is 0.122. The zero-order valence-electron chi connectivity index (χ0n) is 14.7. The van der Waals surface area contributed by atoms with Crippen molar-refractivity contribution in [3.63, 3.8) is 0 Å². The maximum atomic E-state index is 12.1. The summed E-state index contributed by atoms with van der Waals surface area (Å²) in [5, 5.41) is 3.87. The first-order valence-corrected chi connectivity index (χ1v) is 10.4. The largest absolute Gasteiger partial charge is 0.355 e. The van der Waals surface area contributed by atoms with Gasteiger partial charge in [-0.2, -0.15) is 11.8 Å². The van der Waals surface area contributed by atoms with E-state index in [0.717, 1.165) is 23.1 Å². The van der Waals surface area contributed by atoms with Crippen molar-refractivity contribution in [3.8, 4) is 11.1 Å². The van der Waals surface area contributed by atoms with E-state index in [1.54, 1.807) is 0 Å². The van der Waals surface area contributed by atoms with Gasteiger partial charge in [0.05, 0.1) is 6.42 Å². The summed E-state index contributed by atoms with van der Waals surface area (Å²) in [5.41, 5.74) is 3.46. The van der Waals surface area contributed by atoms with Crippen molar-refractivity contribution in [1.29, 1.82) is 0 Å². The highest BCUT2D eigenvalue weighted by Crippen LogP contribution is 2.27. The molecule has 1 fully saturated rings. The maximum Gasteiger partial charge on any atom is 0.224 e. The molecule has 1 N–H and O–H groups in total. The molecule has 0 aliphatic heterocycles. The Labute approximate surface area is 155 Å². The van der Waals surface area contributed by atoms with Crippen LogP contribution in [0.5, 0.6) is 0 Å². The van der Waals surface area contributed by atoms with Gasteiger partial charge in [0.15, 0.2) is 0 Å². The highest BCUT2D eigenvalue weighted by atomic mass is 32.2. The van der Waals surface area contributed by atoms with E-state index >= 15 is 0 Å². The SMILES string of the molecule is O=C(Cc1ccc(-c2ccccc2)cc1)NCCSC1CCCCC1. The highest BCUT2D eigenvalue weighted by Gasteiger charge is 2.13. The Morgan fingerprint density at radius 3 is 2.32 bits per heavy atom. The van der Waals surface area contributed by atoms with E-state index in [-0.39, 0.29) is 5.91 Å². The molecule has 3 rings (SSSR count). The van der Waals surface area contributed by atoms with Crippen LogP contribution in [0.1, 0.15) is 37.7 Å². The summed E-state index contributed by atoms with van der Waals surface area (Å²) in [7, 11) is 0. The van der Waals surface area contributed by atoms with Crippen LogP contribution in [-0.4, -0.2) is 23.5 Å². The van der Waals surface area contributed by atoms with Gasteiger partial charge in [-0.15, -0.1) is 0 Å². The minimum absolute atomic E-state index is 0.122. The molecule has 1 aliphatic carbocycles. The van der Waals surface area contributed by atoms with Crippen LogP contribution in [0.4, 0.5) is 0 Å². The van der Waals surface area contributed by atoms with E-state index in [2.05, 4.69) is 41.7 Å². The number of rotatable bonds is 7. The fourth-order valence-electron chi connectivity index (χ4n) is 3.34. The molecule has 0 saturated heterocycles. The predicted octanol–water partition coefficient (Wildman–Crippen LogP) is 5.08. The molecule has 1 aliphatic rings. The molecule has 0 spiro atoms. The lowest BCUT2D eigenvalue weighted by atomic mass is 10.0. The maximum absolute atomic E-state index is 12.1. The second kappa shape index (κ2) is 9.67. The molecule has 2 aromatic rings. The number of carbonyl (C=O) groups is 1. The van der Waals surface area contributed by atoms with Crippen LogP contribution < -0.4 is 5.32 Å². The first kappa shape index (κ1) is 18.1. The molecule has 2 nitrogen and oxygen atoms in total. The highest BCUT2D eigenvalue weighted by molar-refractivity contribution is 7.99. The number of amides is 1. The number of hydrogen-bond donors (Lipinski definition) is 1. The summed E-state index contributed by atoms with van der Waals surface area (Å²) < 4.78 is 0. The van der Waals surface area contributed by atoms with Crippen molar-refractivity contribution < 1.29 is 4.79 Å². The Hall–Kier alpha value is -1.74. The van der Waals surface area contributed by atoms with Gasteiger partial charge < -0.3 is 5.32 Å². The summed E-state index contributed by atoms with van der Waals surface area (Å²) in [5.74, 6) is 1.15. The van der Waals surface area contributed by atoms with Crippen LogP contribution in [-0.2, 0) is 11.2 Å². The molecule has 0 aromatic heterocycles. The van der Waals surface area contributed by atoms with E-state index in [1.165, 1.54) is 43.2 Å². The quantitative estimate of drug-likeness (QED) is 0.704. The first-order valence-electron chi connectivity index (χ1n) is 9.34. The number of nitrogens with one attached hydrogen (secondary N) is 1. The first-order chi connectivity index (χ1) is 12.3. The van der Waals surface area contributed by atoms with Gasteiger partial charge in [0.2, 0.25) is 5.91 Å². The predicted molar refractivity (Wildman–Crippen MR) is 108 cm³/mol.